The lowest BCUT2D eigenvalue weighted by atomic mass is 9.99. The summed E-state index contributed by atoms with van der Waals surface area (Å²) in [7, 11) is 0. The van der Waals surface area contributed by atoms with E-state index in [0.717, 1.165) is 16.7 Å². The summed E-state index contributed by atoms with van der Waals surface area (Å²) in [6, 6.07) is 15.6. The minimum absolute atomic E-state index is 0.0939. The molecule has 2 aromatic rings. The van der Waals surface area contributed by atoms with E-state index in [1.807, 2.05) is 55.5 Å². The van der Waals surface area contributed by atoms with Crippen molar-refractivity contribution in [2.24, 2.45) is 5.73 Å². The van der Waals surface area contributed by atoms with Crippen LogP contribution in [0.3, 0.4) is 0 Å². The minimum atomic E-state index is -0.0939. The van der Waals surface area contributed by atoms with Gasteiger partial charge in [0.25, 0.3) is 0 Å². The monoisotopic (exact) mass is 301 g/mol. The summed E-state index contributed by atoms with van der Waals surface area (Å²) in [6.45, 7) is 1.98. The summed E-state index contributed by atoms with van der Waals surface area (Å²) in [4.78, 5) is 12.1. The van der Waals surface area contributed by atoms with Gasteiger partial charge in [-0.25, -0.2) is 0 Å². The van der Waals surface area contributed by atoms with Crippen LogP contribution >= 0.6 is 11.6 Å². The molecule has 0 saturated heterocycles. The van der Waals surface area contributed by atoms with Crippen molar-refractivity contribution in [3.63, 3.8) is 0 Å². The number of carbonyl (C=O) groups is 1. The Labute approximate surface area is 130 Å². The minimum Gasteiger partial charge on any atom is -0.324 e. The predicted octanol–water partition coefficient (Wildman–Crippen LogP) is 4.24. The molecule has 1 atom stereocenters. The Bertz CT molecular complexity index is 610. The zero-order valence-corrected chi connectivity index (χ0v) is 12.9. The largest absolute Gasteiger partial charge is 0.324 e. The van der Waals surface area contributed by atoms with Gasteiger partial charge in [-0.2, -0.15) is 0 Å². The molecule has 3 heteroatoms. The fraction of sp³-hybridized carbons (Fsp3) is 0.278. The maximum Gasteiger partial charge on any atom is 0.137 e. The molecule has 21 heavy (non-hydrogen) atoms. The van der Waals surface area contributed by atoms with Gasteiger partial charge >= 0.3 is 0 Å². The SMILES string of the molecule is Cc1ccc(CC(=O)CCC(N)c2ccccc2)c(Cl)c1. The van der Waals surface area contributed by atoms with Gasteiger partial charge in [-0.3, -0.25) is 4.79 Å². The standard InChI is InChI=1S/C18H20ClNO/c1-13-7-8-15(17(19)11-13)12-16(21)9-10-18(20)14-5-3-2-4-6-14/h2-8,11,18H,9-10,12,20H2,1H3. The van der Waals surface area contributed by atoms with E-state index in [1.54, 1.807) is 0 Å². The fourth-order valence-corrected chi connectivity index (χ4v) is 2.58. The van der Waals surface area contributed by atoms with E-state index in [1.165, 1.54) is 0 Å². The number of Topliss-reactive ketones (excluding diaryl/α,β-unsaturated/α-hetero) is 1. The molecular weight excluding hydrogens is 282 g/mol. The molecule has 0 radical (unpaired) electrons. The lowest BCUT2D eigenvalue weighted by molar-refractivity contribution is -0.118. The van der Waals surface area contributed by atoms with Gasteiger partial charge in [-0.05, 0) is 36.1 Å². The summed E-state index contributed by atoms with van der Waals surface area (Å²) in [5.41, 5.74) is 9.17. The molecule has 0 aliphatic heterocycles. The molecule has 0 spiro atoms. The van der Waals surface area contributed by atoms with Crippen LogP contribution in [0.2, 0.25) is 5.02 Å². The van der Waals surface area contributed by atoms with Gasteiger partial charge in [0.2, 0.25) is 0 Å². The average molecular weight is 302 g/mol. The lowest BCUT2D eigenvalue weighted by Crippen LogP contribution is -2.13. The molecule has 110 valence electrons. The van der Waals surface area contributed by atoms with Crippen molar-refractivity contribution in [2.75, 3.05) is 0 Å². The molecule has 0 heterocycles. The van der Waals surface area contributed by atoms with Crippen LogP contribution in [0.4, 0.5) is 0 Å². The topological polar surface area (TPSA) is 43.1 Å². The van der Waals surface area contributed by atoms with E-state index in [9.17, 15) is 4.79 Å². The number of hydrogen-bond donors (Lipinski definition) is 1. The van der Waals surface area contributed by atoms with Crippen molar-refractivity contribution in [1.82, 2.24) is 0 Å². The summed E-state index contributed by atoms with van der Waals surface area (Å²) >= 11 is 6.16. The van der Waals surface area contributed by atoms with E-state index in [4.69, 9.17) is 17.3 Å². The Hall–Kier alpha value is -1.64. The first-order chi connectivity index (χ1) is 10.1. The van der Waals surface area contributed by atoms with Crippen molar-refractivity contribution in [3.8, 4) is 0 Å². The first kappa shape index (κ1) is 15.7. The quantitative estimate of drug-likeness (QED) is 0.867. The summed E-state index contributed by atoms with van der Waals surface area (Å²) in [5, 5.41) is 0.663. The second-order valence-corrected chi connectivity index (χ2v) is 5.77. The number of rotatable bonds is 6. The number of hydrogen-bond acceptors (Lipinski definition) is 2. The van der Waals surface area contributed by atoms with E-state index in [-0.39, 0.29) is 11.8 Å². The number of halogens is 1. The number of nitrogens with two attached hydrogens (primary N) is 1. The first-order valence-electron chi connectivity index (χ1n) is 7.13. The summed E-state index contributed by atoms with van der Waals surface area (Å²) in [6.07, 6.45) is 1.51. The van der Waals surface area contributed by atoms with Crippen LogP contribution in [0.15, 0.2) is 48.5 Å². The number of carbonyl (C=O) groups excluding carboxylic acids is 1. The van der Waals surface area contributed by atoms with Crippen molar-refractivity contribution in [3.05, 3.63) is 70.2 Å². The van der Waals surface area contributed by atoms with Gasteiger partial charge in [0, 0.05) is 23.9 Å². The van der Waals surface area contributed by atoms with E-state index in [0.29, 0.717) is 24.3 Å². The van der Waals surface area contributed by atoms with Crippen LogP contribution in [0.1, 0.15) is 35.6 Å². The van der Waals surface area contributed by atoms with E-state index in [2.05, 4.69) is 0 Å². The molecular formula is C18H20ClNO. The molecule has 0 aliphatic rings. The van der Waals surface area contributed by atoms with Crippen LogP contribution in [-0.4, -0.2) is 5.78 Å². The lowest BCUT2D eigenvalue weighted by Gasteiger charge is -2.11. The number of benzene rings is 2. The van der Waals surface area contributed by atoms with E-state index >= 15 is 0 Å². The highest BCUT2D eigenvalue weighted by Crippen LogP contribution is 2.20. The molecule has 0 aliphatic carbocycles. The fourth-order valence-electron chi connectivity index (χ4n) is 2.28. The second kappa shape index (κ2) is 7.39. The third-order valence-electron chi connectivity index (χ3n) is 3.56. The van der Waals surface area contributed by atoms with Crippen molar-refractivity contribution in [1.29, 1.82) is 0 Å². The first-order valence-corrected chi connectivity index (χ1v) is 7.51. The highest BCUT2D eigenvalue weighted by atomic mass is 35.5. The maximum atomic E-state index is 12.1. The predicted molar refractivity (Wildman–Crippen MR) is 87.5 cm³/mol. The Kier molecular flexibility index (Phi) is 5.54. The van der Waals surface area contributed by atoms with Crippen LogP contribution < -0.4 is 5.73 Å². The van der Waals surface area contributed by atoms with Crippen molar-refractivity contribution >= 4 is 17.4 Å². The van der Waals surface area contributed by atoms with E-state index < -0.39 is 0 Å². The van der Waals surface area contributed by atoms with Crippen LogP contribution in [0, 0.1) is 6.92 Å². The van der Waals surface area contributed by atoms with Crippen molar-refractivity contribution < 1.29 is 4.79 Å². The molecule has 0 fully saturated rings. The number of aryl methyl sites for hydroxylation is 1. The highest BCUT2D eigenvalue weighted by Gasteiger charge is 2.11. The molecule has 0 saturated carbocycles. The maximum absolute atomic E-state index is 12.1. The Morgan fingerprint density at radius 3 is 2.57 bits per heavy atom. The van der Waals surface area contributed by atoms with Gasteiger partial charge in [0.1, 0.15) is 5.78 Å². The zero-order chi connectivity index (χ0) is 15.2. The molecule has 2 N–H and O–H groups in total. The average Bonchev–Trinajstić information content (AvgIpc) is 2.48. The van der Waals surface area contributed by atoms with Gasteiger partial charge in [-0.1, -0.05) is 54.1 Å². The van der Waals surface area contributed by atoms with Gasteiger partial charge in [-0.15, -0.1) is 0 Å². The van der Waals surface area contributed by atoms with Gasteiger partial charge in [0.05, 0.1) is 0 Å². The number of ketones is 1. The molecule has 0 amide bonds. The van der Waals surface area contributed by atoms with Crippen LogP contribution in [0.25, 0.3) is 0 Å². The van der Waals surface area contributed by atoms with Gasteiger partial charge in [0.15, 0.2) is 0 Å². The Morgan fingerprint density at radius 1 is 1.19 bits per heavy atom. The Balaban J connectivity index is 1.87. The zero-order valence-electron chi connectivity index (χ0n) is 12.2. The molecule has 0 bridgehead atoms. The highest BCUT2D eigenvalue weighted by molar-refractivity contribution is 6.31. The van der Waals surface area contributed by atoms with Crippen LogP contribution in [-0.2, 0) is 11.2 Å². The summed E-state index contributed by atoms with van der Waals surface area (Å²) in [5.74, 6) is 0.173. The molecule has 2 rings (SSSR count). The van der Waals surface area contributed by atoms with Gasteiger partial charge < -0.3 is 5.73 Å². The van der Waals surface area contributed by atoms with Crippen LogP contribution in [0.5, 0.6) is 0 Å². The molecule has 2 nitrogen and oxygen atoms in total. The molecule has 2 aromatic carbocycles. The third-order valence-corrected chi connectivity index (χ3v) is 3.91. The van der Waals surface area contributed by atoms with Crippen molar-refractivity contribution in [2.45, 2.75) is 32.2 Å². The smallest absolute Gasteiger partial charge is 0.137 e. The third kappa shape index (κ3) is 4.69. The molecule has 0 aromatic heterocycles. The normalized spacial score (nSPS) is 12.1. The summed E-state index contributed by atoms with van der Waals surface area (Å²) < 4.78 is 0. The molecule has 1 unspecified atom stereocenters. The Morgan fingerprint density at radius 2 is 1.90 bits per heavy atom. The second-order valence-electron chi connectivity index (χ2n) is 5.37.